The third-order valence-corrected chi connectivity index (χ3v) is 9.36. The summed E-state index contributed by atoms with van der Waals surface area (Å²) in [5.41, 5.74) is 0. The Morgan fingerprint density at radius 3 is 0.727 bits per heavy atom. The van der Waals surface area contributed by atoms with Crippen molar-refractivity contribution in [3.8, 4) is 11.5 Å². The van der Waals surface area contributed by atoms with E-state index in [1.165, 1.54) is 193 Å². The van der Waals surface area contributed by atoms with Crippen LogP contribution < -0.4 is 9.47 Å². The fraction of sp³-hybridized carbons (Fsp3) is 0.857. The van der Waals surface area contributed by atoms with E-state index in [1.54, 1.807) is 0 Å². The Morgan fingerprint density at radius 2 is 0.500 bits per heavy atom. The number of benzene rings is 1. The highest BCUT2D eigenvalue weighted by Crippen LogP contribution is 2.27. The first-order valence-corrected chi connectivity index (χ1v) is 20.2. The van der Waals surface area contributed by atoms with Crippen molar-refractivity contribution in [2.45, 2.75) is 219 Å². The topological polar surface area (TPSA) is 18.5 Å². The van der Waals surface area contributed by atoms with Gasteiger partial charge in [-0.1, -0.05) is 219 Å². The number of hydrogen-bond donors (Lipinski definition) is 0. The summed E-state index contributed by atoms with van der Waals surface area (Å²) in [6, 6.07) is 8.25. The van der Waals surface area contributed by atoms with Crippen molar-refractivity contribution in [1.82, 2.24) is 0 Å². The number of unbranched alkanes of at least 4 members (excludes halogenated alkanes) is 30. The molecule has 0 N–H and O–H groups in total. The van der Waals surface area contributed by atoms with Crippen molar-refractivity contribution in [3.63, 3.8) is 0 Å². The lowest BCUT2D eigenvalue weighted by molar-refractivity contribution is 0.258. The van der Waals surface area contributed by atoms with Crippen molar-refractivity contribution in [2.75, 3.05) is 13.2 Å². The predicted octanol–water partition coefficient (Wildman–Crippen LogP) is 15.0. The molecule has 1 aromatic rings. The summed E-state index contributed by atoms with van der Waals surface area (Å²) in [4.78, 5) is 0. The Kier molecular flexibility index (Phi) is 32.2. The van der Waals surface area contributed by atoms with Crippen LogP contribution in [0.4, 0.5) is 0 Å². The summed E-state index contributed by atoms with van der Waals surface area (Å²) in [6.45, 7) is 6.21. The first-order chi connectivity index (χ1) is 21.9. The molecule has 0 aromatic heterocycles. The van der Waals surface area contributed by atoms with Gasteiger partial charge in [0.15, 0.2) is 11.5 Å². The minimum absolute atomic E-state index is 0.803. The summed E-state index contributed by atoms with van der Waals surface area (Å²) in [6.07, 6.45) is 44.8. The summed E-state index contributed by atoms with van der Waals surface area (Å²) >= 11 is 0. The van der Waals surface area contributed by atoms with Gasteiger partial charge >= 0.3 is 0 Å². The monoisotopic (exact) mass is 615 g/mol. The molecule has 0 aliphatic heterocycles. The summed E-state index contributed by atoms with van der Waals surface area (Å²) < 4.78 is 12.2. The average molecular weight is 615 g/mol. The molecule has 0 aliphatic rings. The van der Waals surface area contributed by atoms with E-state index < -0.39 is 0 Å². The van der Waals surface area contributed by atoms with E-state index in [1.807, 2.05) is 0 Å². The quantitative estimate of drug-likeness (QED) is 0.0700. The van der Waals surface area contributed by atoms with Gasteiger partial charge in [0.2, 0.25) is 0 Å². The smallest absolute Gasteiger partial charge is 0.161 e. The van der Waals surface area contributed by atoms with E-state index >= 15 is 0 Å². The second-order valence-corrected chi connectivity index (χ2v) is 13.8. The van der Waals surface area contributed by atoms with Crippen LogP contribution in [0.2, 0.25) is 0 Å². The normalized spacial score (nSPS) is 11.3. The predicted molar refractivity (Wildman–Crippen MR) is 197 cm³/mol. The zero-order chi connectivity index (χ0) is 31.4. The number of ether oxygens (including phenoxy) is 2. The minimum atomic E-state index is 0.803. The molecule has 0 spiro atoms. The molecule has 0 amide bonds. The fourth-order valence-corrected chi connectivity index (χ4v) is 6.35. The third kappa shape index (κ3) is 28.3. The van der Waals surface area contributed by atoms with Crippen molar-refractivity contribution < 1.29 is 9.47 Å². The van der Waals surface area contributed by atoms with E-state index in [0.717, 1.165) is 37.6 Å². The van der Waals surface area contributed by atoms with Gasteiger partial charge in [-0.15, -0.1) is 0 Å². The molecule has 0 fully saturated rings. The van der Waals surface area contributed by atoms with Crippen LogP contribution >= 0.6 is 0 Å². The van der Waals surface area contributed by atoms with E-state index in [2.05, 4.69) is 38.1 Å². The van der Waals surface area contributed by atoms with Crippen LogP contribution in [0.15, 0.2) is 24.3 Å². The maximum atomic E-state index is 6.11. The summed E-state index contributed by atoms with van der Waals surface area (Å²) in [5, 5.41) is 0. The number of hydrogen-bond acceptors (Lipinski definition) is 2. The molecule has 0 bridgehead atoms. The van der Waals surface area contributed by atoms with Crippen molar-refractivity contribution in [1.29, 1.82) is 0 Å². The molecule has 2 nitrogen and oxygen atoms in total. The molecule has 0 atom stereocenters. The molecule has 1 aromatic carbocycles. The van der Waals surface area contributed by atoms with E-state index in [9.17, 15) is 0 Å². The SMILES string of the molecule is CCCCCCCCCCCCCCCCCCOc1ccccc1OCCCCCCCCCCCCCCCCCC. The van der Waals surface area contributed by atoms with Gasteiger partial charge < -0.3 is 9.47 Å². The van der Waals surface area contributed by atoms with Crippen LogP contribution in [-0.2, 0) is 0 Å². The van der Waals surface area contributed by atoms with E-state index in [0.29, 0.717) is 0 Å². The van der Waals surface area contributed by atoms with Gasteiger partial charge in [-0.3, -0.25) is 0 Å². The summed E-state index contributed by atoms with van der Waals surface area (Å²) in [5.74, 6) is 1.84. The van der Waals surface area contributed by atoms with Crippen LogP contribution in [-0.4, -0.2) is 13.2 Å². The van der Waals surface area contributed by atoms with Crippen LogP contribution in [0.3, 0.4) is 0 Å². The highest BCUT2D eigenvalue weighted by atomic mass is 16.5. The van der Waals surface area contributed by atoms with E-state index in [-0.39, 0.29) is 0 Å². The van der Waals surface area contributed by atoms with Gasteiger partial charge in [0, 0.05) is 0 Å². The highest BCUT2D eigenvalue weighted by molar-refractivity contribution is 5.39. The van der Waals surface area contributed by atoms with Gasteiger partial charge in [0.1, 0.15) is 0 Å². The van der Waals surface area contributed by atoms with Crippen LogP contribution in [0.1, 0.15) is 219 Å². The lowest BCUT2D eigenvalue weighted by Crippen LogP contribution is -2.02. The van der Waals surface area contributed by atoms with Crippen LogP contribution in [0.25, 0.3) is 0 Å². The largest absolute Gasteiger partial charge is 0.490 e. The van der Waals surface area contributed by atoms with Crippen LogP contribution in [0.5, 0.6) is 11.5 Å². The molecular formula is C42H78O2. The van der Waals surface area contributed by atoms with Crippen molar-refractivity contribution in [2.24, 2.45) is 0 Å². The Labute approximate surface area is 277 Å². The molecule has 44 heavy (non-hydrogen) atoms. The molecule has 0 saturated carbocycles. The van der Waals surface area contributed by atoms with Gasteiger partial charge in [-0.2, -0.15) is 0 Å². The highest BCUT2D eigenvalue weighted by Gasteiger charge is 2.04. The molecule has 0 unspecified atom stereocenters. The maximum absolute atomic E-state index is 6.11. The molecule has 0 radical (unpaired) electrons. The second kappa shape index (κ2) is 34.7. The number of rotatable bonds is 36. The lowest BCUT2D eigenvalue weighted by atomic mass is 10.0. The van der Waals surface area contributed by atoms with Gasteiger partial charge in [0.05, 0.1) is 13.2 Å². The second-order valence-electron chi connectivity index (χ2n) is 13.8. The standard InChI is InChI=1S/C42H78O2/c1-3-5-7-9-11-13-15-17-19-21-23-25-27-29-31-35-39-43-41-37-33-34-38-42(41)44-40-36-32-30-28-26-24-22-20-18-16-14-12-10-8-6-4-2/h33-34,37-38H,3-32,35-36,39-40H2,1-2H3. The van der Waals surface area contributed by atoms with Gasteiger partial charge in [-0.25, -0.2) is 0 Å². The van der Waals surface area contributed by atoms with Gasteiger partial charge in [0.25, 0.3) is 0 Å². The Balaban J connectivity index is 1.87. The molecule has 0 aliphatic carbocycles. The fourth-order valence-electron chi connectivity index (χ4n) is 6.35. The third-order valence-electron chi connectivity index (χ3n) is 9.36. The molecule has 2 heteroatoms. The van der Waals surface area contributed by atoms with Gasteiger partial charge in [-0.05, 0) is 25.0 Å². The molecule has 258 valence electrons. The average Bonchev–Trinajstić information content (AvgIpc) is 3.04. The van der Waals surface area contributed by atoms with E-state index in [4.69, 9.17) is 9.47 Å². The molecule has 1 rings (SSSR count). The lowest BCUT2D eigenvalue weighted by Gasteiger charge is -2.12. The maximum Gasteiger partial charge on any atom is 0.161 e. The molecule has 0 heterocycles. The Bertz CT molecular complexity index is 614. The van der Waals surface area contributed by atoms with Crippen molar-refractivity contribution in [3.05, 3.63) is 24.3 Å². The minimum Gasteiger partial charge on any atom is -0.490 e. The first kappa shape index (κ1) is 40.8. The first-order valence-electron chi connectivity index (χ1n) is 20.2. The van der Waals surface area contributed by atoms with Crippen molar-refractivity contribution >= 4 is 0 Å². The summed E-state index contributed by atoms with van der Waals surface area (Å²) in [7, 11) is 0. The zero-order valence-corrected chi connectivity index (χ0v) is 30.2. The number of para-hydroxylation sites is 2. The molecule has 0 saturated heterocycles. The molecular weight excluding hydrogens is 536 g/mol. The Morgan fingerprint density at radius 1 is 0.295 bits per heavy atom. The van der Waals surface area contributed by atoms with Crippen LogP contribution in [0, 0.1) is 0 Å². The Hall–Kier alpha value is -1.18. The zero-order valence-electron chi connectivity index (χ0n) is 30.2.